The Hall–Kier alpha value is -1.89. The van der Waals surface area contributed by atoms with E-state index in [0.29, 0.717) is 13.2 Å². The number of hydrogen-bond donors (Lipinski definition) is 2. The highest BCUT2D eigenvalue weighted by Crippen LogP contribution is 2.33. The van der Waals surface area contributed by atoms with Crippen molar-refractivity contribution in [1.29, 1.82) is 0 Å². The Bertz CT molecular complexity index is 482. The molecule has 0 aliphatic carbocycles. The number of hydrogen-bond acceptors (Lipinski definition) is 4. The molecule has 1 aliphatic rings. The van der Waals surface area contributed by atoms with Crippen LogP contribution in [0.15, 0.2) is 18.2 Å². The fourth-order valence-corrected chi connectivity index (χ4v) is 2.14. The molecule has 1 unspecified atom stereocenters. The molecule has 1 atom stereocenters. The molecule has 1 heterocycles. The van der Waals surface area contributed by atoms with E-state index in [1.165, 1.54) is 18.2 Å². The van der Waals surface area contributed by atoms with Gasteiger partial charge in [0, 0.05) is 23.5 Å². The van der Waals surface area contributed by atoms with Gasteiger partial charge in [-0.25, -0.2) is 8.78 Å². The van der Waals surface area contributed by atoms with Crippen molar-refractivity contribution in [2.45, 2.75) is 12.5 Å². The molecule has 1 aromatic rings. The van der Waals surface area contributed by atoms with Gasteiger partial charge in [0.15, 0.2) is 0 Å². The van der Waals surface area contributed by atoms with Gasteiger partial charge < -0.3 is 21.1 Å². The van der Waals surface area contributed by atoms with E-state index in [1.807, 2.05) is 0 Å². The number of morpholine rings is 1. The van der Waals surface area contributed by atoms with Gasteiger partial charge in [-0.1, -0.05) is 0 Å². The molecule has 1 fully saturated rings. The van der Waals surface area contributed by atoms with Crippen molar-refractivity contribution in [3.05, 3.63) is 23.8 Å². The van der Waals surface area contributed by atoms with Crippen LogP contribution in [-0.2, 0) is 9.53 Å². The first kappa shape index (κ1) is 13.5. The third kappa shape index (κ3) is 2.76. The van der Waals surface area contributed by atoms with Crippen molar-refractivity contribution in [2.24, 2.45) is 5.73 Å². The second-order valence-electron chi connectivity index (χ2n) is 4.31. The second kappa shape index (κ2) is 5.40. The van der Waals surface area contributed by atoms with Gasteiger partial charge in [0.25, 0.3) is 6.43 Å². The Balaban J connectivity index is 2.41. The van der Waals surface area contributed by atoms with Crippen LogP contribution >= 0.6 is 0 Å². The summed E-state index contributed by atoms with van der Waals surface area (Å²) in [7, 11) is 0. The third-order valence-corrected chi connectivity index (χ3v) is 3.05. The highest BCUT2D eigenvalue weighted by molar-refractivity contribution is 5.84. The Labute approximate surface area is 109 Å². The number of carbonyl (C=O) groups is 1. The van der Waals surface area contributed by atoms with Crippen LogP contribution in [0.2, 0.25) is 0 Å². The minimum absolute atomic E-state index is 0.0996. The number of halogens is 2. The van der Waals surface area contributed by atoms with Crippen LogP contribution < -0.4 is 16.4 Å². The summed E-state index contributed by atoms with van der Waals surface area (Å²) < 4.78 is 31.3. The monoisotopic (exact) mass is 271 g/mol. The molecule has 0 saturated carbocycles. The third-order valence-electron chi connectivity index (χ3n) is 3.05. The van der Waals surface area contributed by atoms with Crippen molar-refractivity contribution in [3.8, 4) is 0 Å². The first-order chi connectivity index (χ1) is 9.00. The van der Waals surface area contributed by atoms with Gasteiger partial charge >= 0.3 is 0 Å². The zero-order valence-electron chi connectivity index (χ0n) is 10.2. The maximum absolute atomic E-state index is 13.1. The second-order valence-corrected chi connectivity index (χ2v) is 4.31. The number of carbonyl (C=O) groups excluding carboxylic acids is 1. The molecule has 104 valence electrons. The predicted octanol–water partition coefficient (Wildman–Crippen LogP) is 0.897. The molecule has 2 rings (SSSR count). The maximum atomic E-state index is 13.1. The van der Waals surface area contributed by atoms with Gasteiger partial charge in [-0.05, 0) is 18.2 Å². The molecule has 7 heteroatoms. The number of anilines is 2. The molecule has 4 N–H and O–H groups in total. The normalized spacial score (nSPS) is 19.7. The lowest BCUT2D eigenvalue weighted by atomic mass is 10.1. The van der Waals surface area contributed by atoms with Gasteiger partial charge in [-0.3, -0.25) is 4.79 Å². The number of benzene rings is 1. The van der Waals surface area contributed by atoms with Crippen molar-refractivity contribution in [2.75, 3.05) is 30.4 Å². The zero-order chi connectivity index (χ0) is 14.0. The van der Waals surface area contributed by atoms with Gasteiger partial charge in [-0.2, -0.15) is 0 Å². The number of nitrogens with two attached hydrogens (primary N) is 2. The summed E-state index contributed by atoms with van der Waals surface area (Å²) in [6.45, 7) is 0.788. The number of nitrogens with zero attached hydrogens (tertiary/aromatic N) is 1. The van der Waals surface area contributed by atoms with E-state index in [9.17, 15) is 13.6 Å². The smallest absolute Gasteiger partial charge is 0.265 e. The first-order valence-corrected chi connectivity index (χ1v) is 5.82. The van der Waals surface area contributed by atoms with E-state index >= 15 is 0 Å². The lowest BCUT2D eigenvalue weighted by Crippen LogP contribution is -2.53. The summed E-state index contributed by atoms with van der Waals surface area (Å²) >= 11 is 0. The van der Waals surface area contributed by atoms with Crippen LogP contribution in [-0.4, -0.2) is 31.7 Å². The number of alkyl halides is 2. The van der Waals surface area contributed by atoms with Crippen LogP contribution in [0.3, 0.4) is 0 Å². The maximum Gasteiger partial charge on any atom is 0.265 e. The summed E-state index contributed by atoms with van der Waals surface area (Å²) in [5.74, 6) is -0.600. The molecule has 0 bridgehead atoms. The molecule has 1 aliphatic heterocycles. The number of primary amides is 1. The van der Waals surface area contributed by atoms with E-state index in [4.69, 9.17) is 16.2 Å². The predicted molar refractivity (Wildman–Crippen MR) is 67.0 cm³/mol. The van der Waals surface area contributed by atoms with Crippen LogP contribution in [0.1, 0.15) is 12.0 Å². The fourth-order valence-electron chi connectivity index (χ4n) is 2.14. The molecule has 0 spiro atoms. The lowest BCUT2D eigenvalue weighted by molar-refractivity contribution is -0.121. The number of ether oxygens (including phenoxy) is 1. The van der Waals surface area contributed by atoms with Crippen LogP contribution in [0.4, 0.5) is 20.2 Å². The molecular formula is C12H15F2N3O2. The van der Waals surface area contributed by atoms with E-state index < -0.39 is 18.4 Å². The Morgan fingerprint density at radius 2 is 2.21 bits per heavy atom. The average molecular weight is 271 g/mol. The number of amides is 1. The summed E-state index contributed by atoms with van der Waals surface area (Å²) in [5.41, 5.74) is 11.1. The topological polar surface area (TPSA) is 81.6 Å². The minimum Gasteiger partial charge on any atom is -0.399 e. The molecule has 19 heavy (non-hydrogen) atoms. The summed E-state index contributed by atoms with van der Waals surface area (Å²) in [5, 5.41) is 0. The largest absolute Gasteiger partial charge is 0.399 e. The van der Waals surface area contributed by atoms with Gasteiger partial charge in [0.05, 0.1) is 13.2 Å². The average Bonchev–Trinajstić information content (AvgIpc) is 2.38. The van der Waals surface area contributed by atoms with Crippen molar-refractivity contribution < 1.29 is 18.3 Å². The SMILES string of the molecule is NC(=O)C1COCCN1c1ccc(N)cc1C(F)F. The molecule has 0 aromatic heterocycles. The van der Waals surface area contributed by atoms with Crippen LogP contribution in [0.5, 0.6) is 0 Å². The highest BCUT2D eigenvalue weighted by atomic mass is 19.3. The highest BCUT2D eigenvalue weighted by Gasteiger charge is 2.30. The molecule has 0 radical (unpaired) electrons. The van der Waals surface area contributed by atoms with Crippen molar-refractivity contribution >= 4 is 17.3 Å². The van der Waals surface area contributed by atoms with Crippen molar-refractivity contribution in [3.63, 3.8) is 0 Å². The van der Waals surface area contributed by atoms with E-state index in [0.717, 1.165) is 0 Å². The Kier molecular flexibility index (Phi) is 3.84. The zero-order valence-corrected chi connectivity index (χ0v) is 10.2. The molecule has 1 aromatic carbocycles. The first-order valence-electron chi connectivity index (χ1n) is 5.82. The number of nitrogen functional groups attached to an aromatic ring is 1. The van der Waals surface area contributed by atoms with Crippen molar-refractivity contribution in [1.82, 2.24) is 0 Å². The Morgan fingerprint density at radius 1 is 1.47 bits per heavy atom. The molecular weight excluding hydrogens is 256 g/mol. The standard InChI is InChI=1S/C12H15F2N3O2/c13-11(14)8-5-7(15)1-2-9(8)17-3-4-19-6-10(17)12(16)18/h1-2,5,10-11H,3-4,6,15H2,(H2,16,18). The van der Waals surface area contributed by atoms with Gasteiger partial charge in [0.2, 0.25) is 5.91 Å². The minimum atomic E-state index is -2.67. The lowest BCUT2D eigenvalue weighted by Gasteiger charge is -2.36. The molecule has 1 amide bonds. The summed E-state index contributed by atoms with van der Waals surface area (Å²) in [6, 6.07) is 3.48. The van der Waals surface area contributed by atoms with E-state index in [-0.39, 0.29) is 23.5 Å². The Morgan fingerprint density at radius 3 is 2.84 bits per heavy atom. The molecule has 5 nitrogen and oxygen atoms in total. The van der Waals surface area contributed by atoms with Gasteiger partial charge in [-0.15, -0.1) is 0 Å². The van der Waals surface area contributed by atoms with E-state index in [2.05, 4.69) is 0 Å². The quantitative estimate of drug-likeness (QED) is 0.800. The van der Waals surface area contributed by atoms with Gasteiger partial charge in [0.1, 0.15) is 6.04 Å². The summed E-state index contributed by atoms with van der Waals surface area (Å²) in [6.07, 6.45) is -2.67. The fraction of sp³-hybridized carbons (Fsp3) is 0.417. The molecule has 1 saturated heterocycles. The van der Waals surface area contributed by atoms with Crippen LogP contribution in [0, 0.1) is 0 Å². The van der Waals surface area contributed by atoms with Crippen LogP contribution in [0.25, 0.3) is 0 Å². The van der Waals surface area contributed by atoms with E-state index in [1.54, 1.807) is 4.90 Å². The summed E-state index contributed by atoms with van der Waals surface area (Å²) in [4.78, 5) is 12.9. The number of rotatable bonds is 3.